The third-order valence-electron chi connectivity index (χ3n) is 4.05. The highest BCUT2D eigenvalue weighted by molar-refractivity contribution is 7.80. The lowest BCUT2D eigenvalue weighted by Crippen LogP contribution is -2.35. The molecule has 0 radical (unpaired) electrons. The van der Waals surface area contributed by atoms with Crippen LogP contribution in [0.1, 0.15) is 23.0 Å². The zero-order valence-electron chi connectivity index (χ0n) is 16.3. The minimum atomic E-state index is -0.968. The van der Waals surface area contributed by atoms with Gasteiger partial charge in [0.1, 0.15) is 23.3 Å². The molecule has 0 aliphatic rings. The van der Waals surface area contributed by atoms with Crippen molar-refractivity contribution in [3.05, 3.63) is 69.7 Å². The third-order valence-corrected chi connectivity index (χ3v) is 4.73. The largest absolute Gasteiger partial charge is 0.375 e. The fourth-order valence-corrected chi connectivity index (χ4v) is 3.01. The SMILES string of the molecule is N#C[C@H](C(=N/NC(N)=S)/C(=N\NC(N)=S)[C@H](C#N)c1ccc(Cl)cc1)c1ccc(Cl)cc1. The second-order valence-electron chi connectivity index (χ2n) is 6.17. The molecule has 0 aliphatic heterocycles. The van der Waals surface area contributed by atoms with Crippen LogP contribution in [-0.4, -0.2) is 21.6 Å². The van der Waals surface area contributed by atoms with E-state index in [2.05, 4.69) is 33.2 Å². The van der Waals surface area contributed by atoms with Gasteiger partial charge in [-0.15, -0.1) is 0 Å². The van der Waals surface area contributed by atoms with Crippen LogP contribution in [0.5, 0.6) is 0 Å². The van der Waals surface area contributed by atoms with Gasteiger partial charge in [0, 0.05) is 10.0 Å². The maximum Gasteiger partial charge on any atom is 0.184 e. The van der Waals surface area contributed by atoms with Gasteiger partial charge < -0.3 is 11.5 Å². The van der Waals surface area contributed by atoms with E-state index in [0.29, 0.717) is 21.2 Å². The summed E-state index contributed by atoms with van der Waals surface area (Å²) in [6, 6.07) is 17.5. The lowest BCUT2D eigenvalue weighted by Gasteiger charge is -2.19. The summed E-state index contributed by atoms with van der Waals surface area (Å²) in [7, 11) is 0. The molecule has 6 N–H and O–H groups in total. The molecule has 2 aromatic rings. The topological polar surface area (TPSA) is 148 Å². The normalized spacial score (nSPS) is 13.2. The number of nitrogens with zero attached hydrogens (tertiary/aromatic N) is 4. The molecule has 2 aromatic carbocycles. The van der Waals surface area contributed by atoms with E-state index in [4.69, 9.17) is 59.1 Å². The molecule has 0 unspecified atom stereocenters. The summed E-state index contributed by atoms with van der Waals surface area (Å²) in [5.41, 5.74) is 17.3. The molecule has 2 rings (SSSR count). The summed E-state index contributed by atoms with van der Waals surface area (Å²) in [4.78, 5) is 0. The minimum absolute atomic E-state index is 0.0767. The highest BCUT2D eigenvalue weighted by Crippen LogP contribution is 2.26. The first kappa shape index (κ1) is 25.0. The maximum absolute atomic E-state index is 9.99. The highest BCUT2D eigenvalue weighted by atomic mass is 35.5. The minimum Gasteiger partial charge on any atom is -0.375 e. The Kier molecular flexibility index (Phi) is 9.32. The molecule has 8 nitrogen and oxygen atoms in total. The molecular weight excluding hydrogens is 487 g/mol. The average Bonchev–Trinajstić information content (AvgIpc) is 2.76. The van der Waals surface area contributed by atoms with Gasteiger partial charge >= 0.3 is 0 Å². The van der Waals surface area contributed by atoms with Crippen LogP contribution in [0.3, 0.4) is 0 Å². The maximum atomic E-state index is 9.99. The molecule has 0 saturated carbocycles. The van der Waals surface area contributed by atoms with Gasteiger partial charge in [-0.1, -0.05) is 47.5 Å². The predicted molar refractivity (Wildman–Crippen MR) is 134 cm³/mol. The Balaban J connectivity index is 2.71. The Labute approximate surface area is 205 Å². The lowest BCUT2D eigenvalue weighted by molar-refractivity contribution is 0.974. The molecule has 0 heterocycles. The van der Waals surface area contributed by atoms with Crippen molar-refractivity contribution in [2.75, 3.05) is 0 Å². The zero-order chi connectivity index (χ0) is 23.7. The van der Waals surface area contributed by atoms with Crippen molar-refractivity contribution in [1.82, 2.24) is 10.9 Å². The number of thiocarbonyl (C=S) groups is 2. The standard InChI is InChI=1S/C20H16Cl2N8S2/c21-13-5-1-11(2-6-13)15(9-23)17(27-29-19(25)31)18(28-30-20(26)32)16(10-24)12-3-7-14(22)8-4-12/h1-8,15-16H,(H3,25,29,31)(H3,26,30,32)/b27-17-,28-18-/t15-,16+. The second kappa shape index (κ2) is 11.9. The van der Waals surface area contributed by atoms with E-state index in [1.807, 2.05) is 0 Å². The van der Waals surface area contributed by atoms with Crippen LogP contribution < -0.4 is 22.3 Å². The van der Waals surface area contributed by atoms with E-state index in [1.54, 1.807) is 48.5 Å². The van der Waals surface area contributed by atoms with E-state index in [1.165, 1.54) is 0 Å². The fraction of sp³-hybridized carbons (Fsp3) is 0.100. The molecule has 32 heavy (non-hydrogen) atoms. The molecule has 0 saturated heterocycles. The van der Waals surface area contributed by atoms with Crippen molar-refractivity contribution in [2.45, 2.75) is 11.8 Å². The lowest BCUT2D eigenvalue weighted by atomic mass is 9.85. The third kappa shape index (κ3) is 6.87. The first-order chi connectivity index (χ1) is 15.3. The van der Waals surface area contributed by atoms with Crippen molar-refractivity contribution in [3.8, 4) is 12.1 Å². The Morgan fingerprint density at radius 3 is 1.31 bits per heavy atom. The van der Waals surface area contributed by atoms with Crippen LogP contribution in [0.2, 0.25) is 10.0 Å². The highest BCUT2D eigenvalue weighted by Gasteiger charge is 2.30. The first-order valence-corrected chi connectivity index (χ1v) is 10.4. The van der Waals surface area contributed by atoms with Crippen LogP contribution in [0, 0.1) is 22.7 Å². The average molecular weight is 503 g/mol. The monoisotopic (exact) mass is 502 g/mol. The number of hydrogen-bond donors (Lipinski definition) is 4. The Hall–Kier alpha value is -3.28. The van der Waals surface area contributed by atoms with Gasteiger partial charge in [-0.2, -0.15) is 20.7 Å². The zero-order valence-corrected chi connectivity index (χ0v) is 19.4. The fourth-order valence-electron chi connectivity index (χ4n) is 2.67. The summed E-state index contributed by atoms with van der Waals surface area (Å²) < 4.78 is 0. The summed E-state index contributed by atoms with van der Waals surface area (Å²) >= 11 is 21.7. The first-order valence-electron chi connectivity index (χ1n) is 8.83. The van der Waals surface area contributed by atoms with E-state index in [0.717, 1.165) is 0 Å². The van der Waals surface area contributed by atoms with Gasteiger partial charge in [-0.3, -0.25) is 10.9 Å². The van der Waals surface area contributed by atoms with Crippen molar-refractivity contribution in [1.29, 1.82) is 10.5 Å². The number of halogens is 2. The number of hydrogen-bond acceptors (Lipinski definition) is 6. The van der Waals surface area contributed by atoms with Crippen LogP contribution in [0.4, 0.5) is 0 Å². The van der Waals surface area contributed by atoms with E-state index in [9.17, 15) is 10.5 Å². The van der Waals surface area contributed by atoms with Crippen LogP contribution >= 0.6 is 47.6 Å². The number of nitrogens with one attached hydrogen (secondary N) is 2. The van der Waals surface area contributed by atoms with Crippen LogP contribution in [-0.2, 0) is 0 Å². The molecule has 0 aliphatic carbocycles. The number of hydrazone groups is 2. The molecule has 12 heteroatoms. The molecule has 162 valence electrons. The Bertz CT molecular complexity index is 1040. The Morgan fingerprint density at radius 1 is 0.750 bits per heavy atom. The quantitative estimate of drug-likeness (QED) is 0.256. The predicted octanol–water partition coefficient (Wildman–Crippen LogP) is 3.29. The van der Waals surface area contributed by atoms with Gasteiger partial charge in [0.15, 0.2) is 10.2 Å². The number of benzene rings is 2. The summed E-state index contributed by atoms with van der Waals surface area (Å²) in [6.07, 6.45) is 0. The van der Waals surface area contributed by atoms with Crippen molar-refractivity contribution in [2.24, 2.45) is 21.7 Å². The second-order valence-corrected chi connectivity index (χ2v) is 7.93. The van der Waals surface area contributed by atoms with Gasteiger partial charge in [0.2, 0.25) is 0 Å². The van der Waals surface area contributed by atoms with Gasteiger partial charge in [0.25, 0.3) is 0 Å². The van der Waals surface area contributed by atoms with Crippen LogP contribution in [0.15, 0.2) is 58.7 Å². The van der Waals surface area contributed by atoms with Gasteiger partial charge in [-0.25, -0.2) is 0 Å². The molecule has 0 bridgehead atoms. The number of nitriles is 2. The summed E-state index contributed by atoms with van der Waals surface area (Å²) in [5.74, 6) is -1.94. The van der Waals surface area contributed by atoms with Crippen molar-refractivity contribution < 1.29 is 0 Å². The summed E-state index contributed by atoms with van der Waals surface area (Å²) in [5, 5.41) is 29.1. The summed E-state index contributed by atoms with van der Waals surface area (Å²) in [6.45, 7) is 0. The van der Waals surface area contributed by atoms with Crippen molar-refractivity contribution >= 4 is 69.3 Å². The van der Waals surface area contributed by atoms with Crippen LogP contribution in [0.25, 0.3) is 0 Å². The molecule has 0 aromatic heterocycles. The smallest absolute Gasteiger partial charge is 0.184 e. The number of nitrogens with two attached hydrogens (primary N) is 2. The molecule has 0 spiro atoms. The van der Waals surface area contributed by atoms with E-state index >= 15 is 0 Å². The molecule has 0 fully saturated rings. The van der Waals surface area contributed by atoms with Crippen molar-refractivity contribution in [3.63, 3.8) is 0 Å². The van der Waals surface area contributed by atoms with E-state index in [-0.39, 0.29) is 21.6 Å². The van der Waals surface area contributed by atoms with Gasteiger partial charge in [0.05, 0.1) is 12.1 Å². The molecule has 2 atom stereocenters. The number of rotatable bonds is 7. The van der Waals surface area contributed by atoms with Gasteiger partial charge in [-0.05, 0) is 59.8 Å². The van der Waals surface area contributed by atoms with E-state index < -0.39 is 11.8 Å². The molecular formula is C20H16Cl2N8S2. The molecule has 0 amide bonds. The Morgan fingerprint density at radius 2 is 1.06 bits per heavy atom.